The first-order chi connectivity index (χ1) is 19.6. The number of aliphatic hydroxyl groups is 1. The number of para-hydroxylation sites is 1. The van der Waals surface area contributed by atoms with Gasteiger partial charge in [0.2, 0.25) is 0 Å². The van der Waals surface area contributed by atoms with Gasteiger partial charge in [-0.2, -0.15) is 8.62 Å². The number of hydrogen-bond donors (Lipinski definition) is 6. The van der Waals surface area contributed by atoms with Gasteiger partial charge in [-0.1, -0.05) is 12.1 Å². The Morgan fingerprint density at radius 1 is 1.07 bits per heavy atom. The fraction of sp³-hybridized carbons (Fsp3) is 0.350. The zero-order chi connectivity index (χ0) is 30.9. The van der Waals surface area contributed by atoms with Crippen molar-refractivity contribution in [3.8, 4) is 0 Å². The van der Waals surface area contributed by atoms with Crippen molar-refractivity contribution in [2.75, 3.05) is 12.3 Å². The second-order valence-corrected chi connectivity index (χ2v) is 13.3. The Labute approximate surface area is 236 Å². The standard InChI is InChI=1S/C20H25N4O15P3/c21-14-5-6-22-20-19(14)13(10-35-9-12-3-1-2-4-15(12)24(26)27)8-23(20)18-7-16(25)17(37-18)11-36-41(31,32)39-42(33,34)38-40(28,29)30/h1-6,8,16-18,25H,7,9-11H2,(H2,21,22)(H,31,32)(H,33,34)(H2,28,29,30)/t16?,17-,18-/m1/s1. The van der Waals surface area contributed by atoms with Gasteiger partial charge in [0.05, 0.1) is 36.4 Å². The molecule has 0 spiro atoms. The number of nitrogens with zero attached hydrogens (tertiary/aromatic N) is 3. The predicted octanol–water partition coefficient (Wildman–Crippen LogP) is 2.24. The molecule has 2 aromatic heterocycles. The van der Waals surface area contributed by atoms with Crippen LogP contribution in [0.15, 0.2) is 42.7 Å². The highest BCUT2D eigenvalue weighted by Crippen LogP contribution is 2.66. The van der Waals surface area contributed by atoms with Crippen molar-refractivity contribution < 1.29 is 65.9 Å². The summed E-state index contributed by atoms with van der Waals surface area (Å²) in [4.78, 5) is 51.3. The van der Waals surface area contributed by atoms with Crippen LogP contribution in [-0.4, -0.2) is 58.0 Å². The first-order valence-electron chi connectivity index (χ1n) is 11.7. The second kappa shape index (κ2) is 12.6. The summed E-state index contributed by atoms with van der Waals surface area (Å²) in [5, 5.41) is 22.3. The van der Waals surface area contributed by atoms with E-state index in [0.29, 0.717) is 27.8 Å². The SMILES string of the molecule is Nc1ccnc2c1c(COCc1ccccc1[N+](=O)[O-])cn2[C@H]1CC(O)[C@@H](COP(=O)(O)OP(=O)(O)OP(=O)(O)O)O1. The summed E-state index contributed by atoms with van der Waals surface area (Å²) >= 11 is 0. The predicted molar refractivity (Wildman–Crippen MR) is 140 cm³/mol. The molecule has 0 aliphatic carbocycles. The topological polar surface area (TPSA) is 285 Å². The number of benzene rings is 1. The van der Waals surface area contributed by atoms with Gasteiger partial charge in [-0.25, -0.2) is 18.7 Å². The van der Waals surface area contributed by atoms with Crippen LogP contribution in [0, 0.1) is 10.1 Å². The van der Waals surface area contributed by atoms with Crippen molar-refractivity contribution in [2.45, 2.75) is 38.1 Å². The van der Waals surface area contributed by atoms with Crippen molar-refractivity contribution in [3.05, 3.63) is 64.0 Å². The smallest absolute Gasteiger partial charge is 0.398 e. The molecule has 1 aliphatic heterocycles. The van der Waals surface area contributed by atoms with Crippen molar-refractivity contribution >= 4 is 45.9 Å². The minimum absolute atomic E-state index is 0.0316. The van der Waals surface area contributed by atoms with Gasteiger partial charge in [0.25, 0.3) is 5.69 Å². The maximum absolute atomic E-state index is 12.0. The number of aromatic nitrogens is 2. The van der Waals surface area contributed by atoms with Gasteiger partial charge in [-0.3, -0.25) is 14.6 Å². The number of ether oxygens (including phenoxy) is 2. The molecule has 1 fully saturated rings. The Balaban J connectivity index is 1.46. The van der Waals surface area contributed by atoms with E-state index in [1.165, 1.54) is 22.9 Å². The van der Waals surface area contributed by atoms with Gasteiger partial charge < -0.3 is 44.5 Å². The van der Waals surface area contributed by atoms with Crippen LogP contribution >= 0.6 is 23.5 Å². The van der Waals surface area contributed by atoms with E-state index in [2.05, 4.69) is 18.1 Å². The highest BCUT2D eigenvalue weighted by atomic mass is 31.3. The van der Waals surface area contributed by atoms with Crippen molar-refractivity contribution in [1.82, 2.24) is 9.55 Å². The quantitative estimate of drug-likeness (QED) is 0.0875. The fourth-order valence-electron chi connectivity index (χ4n) is 4.20. The molecule has 1 aromatic carbocycles. The summed E-state index contributed by atoms with van der Waals surface area (Å²) in [5.41, 5.74) is 7.65. The van der Waals surface area contributed by atoms with E-state index in [-0.39, 0.29) is 25.3 Å². The summed E-state index contributed by atoms with van der Waals surface area (Å²) < 4.78 is 59.2. The van der Waals surface area contributed by atoms with Gasteiger partial charge in [0, 0.05) is 41.5 Å². The molecular formula is C20H25N4O15P3. The van der Waals surface area contributed by atoms with E-state index in [1.807, 2.05) is 0 Å². The van der Waals surface area contributed by atoms with Crippen LogP contribution in [0.5, 0.6) is 0 Å². The third-order valence-corrected chi connectivity index (χ3v) is 9.66. The lowest BCUT2D eigenvalue weighted by Crippen LogP contribution is -2.26. The maximum Gasteiger partial charge on any atom is 0.490 e. The van der Waals surface area contributed by atoms with Gasteiger partial charge in [0.15, 0.2) is 0 Å². The molecule has 0 radical (unpaired) electrons. The van der Waals surface area contributed by atoms with Crippen LogP contribution in [0.2, 0.25) is 0 Å². The molecule has 3 heterocycles. The molecule has 42 heavy (non-hydrogen) atoms. The Kier molecular flexibility index (Phi) is 9.66. The zero-order valence-electron chi connectivity index (χ0n) is 21.2. The lowest BCUT2D eigenvalue weighted by molar-refractivity contribution is -0.386. The van der Waals surface area contributed by atoms with Gasteiger partial charge in [-0.15, -0.1) is 0 Å². The molecular weight excluding hydrogens is 629 g/mol. The number of fused-ring (bicyclic) bond motifs is 1. The summed E-state index contributed by atoms with van der Waals surface area (Å²) in [6, 6.07) is 7.65. The first kappa shape index (κ1) is 32.3. The molecule has 0 amide bonds. The number of nitrogens with two attached hydrogens (primary N) is 1. The minimum atomic E-state index is -5.71. The molecule has 19 nitrogen and oxygen atoms in total. The number of aliphatic hydroxyl groups excluding tert-OH is 1. The zero-order valence-corrected chi connectivity index (χ0v) is 23.9. The third kappa shape index (κ3) is 8.06. The molecule has 4 rings (SSSR count). The van der Waals surface area contributed by atoms with Gasteiger partial charge >= 0.3 is 23.5 Å². The Hall–Kier alpha value is -2.60. The molecule has 5 atom stereocenters. The minimum Gasteiger partial charge on any atom is -0.398 e. The second-order valence-electron chi connectivity index (χ2n) is 8.86. The third-order valence-electron chi connectivity index (χ3n) is 5.86. The van der Waals surface area contributed by atoms with E-state index < -0.39 is 53.4 Å². The van der Waals surface area contributed by atoms with E-state index in [9.17, 15) is 38.7 Å². The van der Waals surface area contributed by atoms with Crippen molar-refractivity contribution in [1.29, 1.82) is 0 Å². The maximum atomic E-state index is 12.0. The number of phosphoric acid groups is 3. The van der Waals surface area contributed by atoms with Crippen LogP contribution in [0.3, 0.4) is 0 Å². The monoisotopic (exact) mass is 654 g/mol. The number of phosphoric ester groups is 1. The fourth-order valence-corrected chi connectivity index (χ4v) is 7.23. The molecule has 1 saturated heterocycles. The molecule has 230 valence electrons. The van der Waals surface area contributed by atoms with E-state index in [1.54, 1.807) is 24.4 Å². The van der Waals surface area contributed by atoms with Crippen LogP contribution < -0.4 is 5.73 Å². The highest BCUT2D eigenvalue weighted by molar-refractivity contribution is 7.66. The van der Waals surface area contributed by atoms with Crippen LogP contribution in [0.4, 0.5) is 11.4 Å². The number of rotatable bonds is 13. The number of hydrogen-bond acceptors (Lipinski definition) is 13. The molecule has 0 bridgehead atoms. The van der Waals surface area contributed by atoms with E-state index in [0.717, 1.165) is 0 Å². The van der Waals surface area contributed by atoms with Crippen LogP contribution in [0.25, 0.3) is 11.0 Å². The summed E-state index contributed by atoms with van der Waals surface area (Å²) in [6.07, 6.45) is -0.493. The summed E-state index contributed by atoms with van der Waals surface area (Å²) in [6.45, 7) is -0.955. The molecule has 3 unspecified atom stereocenters. The van der Waals surface area contributed by atoms with Crippen molar-refractivity contribution in [2.24, 2.45) is 0 Å². The van der Waals surface area contributed by atoms with Crippen LogP contribution in [0.1, 0.15) is 23.8 Å². The van der Waals surface area contributed by atoms with E-state index in [4.69, 9.17) is 25.0 Å². The van der Waals surface area contributed by atoms with E-state index >= 15 is 0 Å². The molecule has 0 saturated carbocycles. The van der Waals surface area contributed by atoms with Gasteiger partial charge in [0.1, 0.15) is 18.0 Å². The van der Waals surface area contributed by atoms with Gasteiger partial charge in [-0.05, 0) is 12.1 Å². The lowest BCUT2D eigenvalue weighted by atomic mass is 10.2. The number of nitro benzene ring substituents is 1. The Morgan fingerprint density at radius 2 is 1.76 bits per heavy atom. The molecule has 7 N–H and O–H groups in total. The lowest BCUT2D eigenvalue weighted by Gasteiger charge is -2.19. The number of nitro groups is 1. The average Bonchev–Trinajstić information content (AvgIpc) is 3.41. The number of nitrogen functional groups attached to an aromatic ring is 1. The van der Waals surface area contributed by atoms with Crippen molar-refractivity contribution in [3.63, 3.8) is 0 Å². The Bertz CT molecular complexity index is 1610. The summed E-state index contributed by atoms with van der Waals surface area (Å²) in [7, 11) is -16.7. The first-order valence-corrected chi connectivity index (χ1v) is 16.2. The largest absolute Gasteiger partial charge is 0.490 e. The normalized spacial score (nSPS) is 22.2. The molecule has 3 aromatic rings. The number of pyridine rings is 1. The van der Waals surface area contributed by atoms with Crippen LogP contribution in [-0.2, 0) is 49.5 Å². The molecule has 22 heteroatoms. The molecule has 1 aliphatic rings. The average molecular weight is 654 g/mol. The number of anilines is 1. The Morgan fingerprint density at radius 3 is 2.45 bits per heavy atom. The summed E-state index contributed by atoms with van der Waals surface area (Å²) in [5.74, 6) is 0. The highest BCUT2D eigenvalue weighted by Gasteiger charge is 2.43.